The average molecular weight is 301 g/mol. The van der Waals surface area contributed by atoms with Crippen LogP contribution in [0.25, 0.3) is 0 Å². The minimum absolute atomic E-state index is 0.0997. The molecule has 1 aromatic carbocycles. The Balaban J connectivity index is 2.25. The smallest absolute Gasteiger partial charge is 0.313 e. The average Bonchev–Trinajstić information content (AvgIpc) is 2.40. The van der Waals surface area contributed by atoms with Crippen molar-refractivity contribution < 1.29 is 23.8 Å². The van der Waals surface area contributed by atoms with Gasteiger partial charge in [0.2, 0.25) is 5.91 Å². The predicted molar refractivity (Wildman–Crippen MR) is 74.5 cm³/mol. The van der Waals surface area contributed by atoms with Gasteiger partial charge in [-0.25, -0.2) is 4.39 Å². The molecule has 0 unspecified atom stereocenters. The summed E-state index contributed by atoms with van der Waals surface area (Å²) in [6.07, 6.45) is 0. The van der Waals surface area contributed by atoms with Gasteiger partial charge in [0.15, 0.2) is 11.6 Å². The number of carbonyl (C=O) groups is 2. The quantitative estimate of drug-likeness (QED) is 0.788. The number of carboxylic acids is 1. The molecule has 0 saturated carbocycles. The first kappa shape index (κ1) is 16.3. The lowest BCUT2D eigenvalue weighted by atomic mass is 10.3. The van der Waals surface area contributed by atoms with Gasteiger partial charge >= 0.3 is 5.97 Å². The van der Waals surface area contributed by atoms with Crippen molar-refractivity contribution in [2.45, 2.75) is 0 Å². The van der Waals surface area contributed by atoms with E-state index in [1.54, 1.807) is 19.2 Å². The fourth-order valence-electron chi connectivity index (χ4n) is 1.31. The summed E-state index contributed by atoms with van der Waals surface area (Å²) in [5.41, 5.74) is 0. The zero-order valence-electron chi connectivity index (χ0n) is 11.0. The normalized spacial score (nSPS) is 10.1. The Bertz CT molecular complexity index is 469. The summed E-state index contributed by atoms with van der Waals surface area (Å²) >= 11 is 1.04. The van der Waals surface area contributed by atoms with Crippen LogP contribution in [-0.2, 0) is 9.59 Å². The molecule has 5 nitrogen and oxygen atoms in total. The maximum Gasteiger partial charge on any atom is 0.313 e. The molecule has 1 aromatic rings. The topological polar surface area (TPSA) is 66.8 Å². The van der Waals surface area contributed by atoms with Crippen LogP contribution in [0.2, 0.25) is 0 Å². The largest absolute Gasteiger partial charge is 0.489 e. The number of carbonyl (C=O) groups excluding carboxylic acids is 1. The Morgan fingerprint density at radius 3 is 2.70 bits per heavy atom. The summed E-state index contributed by atoms with van der Waals surface area (Å²) < 4.78 is 18.5. The maximum atomic E-state index is 13.3. The van der Waals surface area contributed by atoms with Crippen LogP contribution in [0.15, 0.2) is 24.3 Å². The monoisotopic (exact) mass is 301 g/mol. The van der Waals surface area contributed by atoms with E-state index in [0.717, 1.165) is 11.8 Å². The van der Waals surface area contributed by atoms with Gasteiger partial charge < -0.3 is 14.7 Å². The van der Waals surface area contributed by atoms with Gasteiger partial charge in [0.05, 0.1) is 18.1 Å². The summed E-state index contributed by atoms with van der Waals surface area (Å²) in [5, 5.41) is 8.46. The van der Waals surface area contributed by atoms with E-state index in [4.69, 9.17) is 9.84 Å². The predicted octanol–water partition coefficient (Wildman–Crippen LogP) is 1.48. The second-order valence-electron chi connectivity index (χ2n) is 3.98. The van der Waals surface area contributed by atoms with Gasteiger partial charge in [-0.15, -0.1) is 11.8 Å². The molecule has 0 radical (unpaired) electrons. The Morgan fingerprint density at radius 2 is 2.05 bits per heavy atom. The van der Waals surface area contributed by atoms with Crippen LogP contribution < -0.4 is 4.74 Å². The van der Waals surface area contributed by atoms with Crippen LogP contribution in [0.3, 0.4) is 0 Å². The Morgan fingerprint density at radius 1 is 1.35 bits per heavy atom. The molecule has 0 bridgehead atoms. The lowest BCUT2D eigenvalue weighted by Crippen LogP contribution is -2.32. The fourth-order valence-corrected chi connectivity index (χ4v) is 1.99. The Hall–Kier alpha value is -1.76. The number of hydrogen-bond donors (Lipinski definition) is 1. The highest BCUT2D eigenvalue weighted by molar-refractivity contribution is 8.00. The molecule has 0 heterocycles. The van der Waals surface area contributed by atoms with Crippen LogP contribution >= 0.6 is 11.8 Å². The van der Waals surface area contributed by atoms with E-state index in [1.807, 2.05) is 0 Å². The third kappa shape index (κ3) is 5.92. The van der Waals surface area contributed by atoms with Crippen molar-refractivity contribution >= 4 is 23.6 Å². The van der Waals surface area contributed by atoms with E-state index in [2.05, 4.69) is 0 Å². The van der Waals surface area contributed by atoms with Gasteiger partial charge in [0, 0.05) is 7.05 Å². The minimum atomic E-state index is -0.951. The molecule has 0 saturated heterocycles. The Kier molecular flexibility index (Phi) is 6.86. The highest BCUT2D eigenvalue weighted by Gasteiger charge is 2.10. The van der Waals surface area contributed by atoms with Crippen molar-refractivity contribution in [3.63, 3.8) is 0 Å². The molecule has 110 valence electrons. The lowest BCUT2D eigenvalue weighted by Gasteiger charge is -2.17. The van der Waals surface area contributed by atoms with Crippen molar-refractivity contribution in [1.29, 1.82) is 0 Å². The van der Waals surface area contributed by atoms with Gasteiger partial charge in [0.25, 0.3) is 0 Å². The summed E-state index contributed by atoms with van der Waals surface area (Å²) in [4.78, 5) is 23.4. The molecule has 0 spiro atoms. The van der Waals surface area contributed by atoms with E-state index in [1.165, 1.54) is 17.0 Å². The summed E-state index contributed by atoms with van der Waals surface area (Å²) in [6, 6.07) is 6.04. The maximum absolute atomic E-state index is 13.3. The molecular weight excluding hydrogens is 285 g/mol. The van der Waals surface area contributed by atoms with E-state index >= 15 is 0 Å². The second kappa shape index (κ2) is 8.42. The molecule has 7 heteroatoms. The number of halogens is 1. The second-order valence-corrected chi connectivity index (χ2v) is 4.97. The van der Waals surface area contributed by atoms with Crippen molar-refractivity contribution in [1.82, 2.24) is 4.90 Å². The zero-order valence-corrected chi connectivity index (χ0v) is 11.9. The van der Waals surface area contributed by atoms with Crippen molar-refractivity contribution in [2.75, 3.05) is 31.7 Å². The van der Waals surface area contributed by atoms with E-state index in [-0.39, 0.29) is 29.8 Å². The van der Waals surface area contributed by atoms with Crippen molar-refractivity contribution in [3.8, 4) is 5.75 Å². The number of thioether (sulfide) groups is 1. The molecule has 1 N–H and O–H groups in total. The molecule has 0 fully saturated rings. The lowest BCUT2D eigenvalue weighted by molar-refractivity contribution is -0.133. The SMILES string of the molecule is CN(CCOc1ccccc1F)C(=O)CSCC(=O)O. The highest BCUT2D eigenvalue weighted by atomic mass is 32.2. The third-order valence-corrected chi connectivity index (χ3v) is 3.30. The van der Waals surface area contributed by atoms with Gasteiger partial charge in [0.1, 0.15) is 6.61 Å². The first-order valence-electron chi connectivity index (χ1n) is 5.91. The summed E-state index contributed by atoms with van der Waals surface area (Å²) in [7, 11) is 1.59. The van der Waals surface area contributed by atoms with Gasteiger partial charge in [-0.05, 0) is 12.1 Å². The first-order valence-corrected chi connectivity index (χ1v) is 7.07. The van der Waals surface area contributed by atoms with E-state index in [9.17, 15) is 14.0 Å². The Labute approximate surface area is 120 Å². The number of para-hydroxylation sites is 1. The number of likely N-dealkylation sites (N-methyl/N-ethyl adjacent to an activating group) is 1. The number of carboxylic acid groups (broad SMARTS) is 1. The molecule has 0 aliphatic rings. The van der Waals surface area contributed by atoms with Gasteiger partial charge in [-0.2, -0.15) is 0 Å². The number of benzene rings is 1. The van der Waals surface area contributed by atoms with Crippen LogP contribution in [0.4, 0.5) is 4.39 Å². The van der Waals surface area contributed by atoms with Gasteiger partial charge in [-0.1, -0.05) is 12.1 Å². The number of amides is 1. The van der Waals surface area contributed by atoms with E-state index in [0.29, 0.717) is 6.54 Å². The number of hydrogen-bond acceptors (Lipinski definition) is 4. The van der Waals surface area contributed by atoms with Crippen LogP contribution in [0.5, 0.6) is 5.75 Å². The molecule has 20 heavy (non-hydrogen) atoms. The molecule has 1 amide bonds. The zero-order chi connectivity index (χ0) is 15.0. The van der Waals surface area contributed by atoms with Crippen LogP contribution in [0, 0.1) is 5.82 Å². The van der Waals surface area contributed by atoms with Crippen molar-refractivity contribution in [2.24, 2.45) is 0 Å². The van der Waals surface area contributed by atoms with Crippen molar-refractivity contribution in [3.05, 3.63) is 30.1 Å². The fraction of sp³-hybridized carbons (Fsp3) is 0.385. The summed E-state index contributed by atoms with van der Waals surface area (Å²) in [6.45, 7) is 0.480. The minimum Gasteiger partial charge on any atom is -0.489 e. The third-order valence-electron chi connectivity index (χ3n) is 2.40. The number of aliphatic carboxylic acids is 1. The van der Waals surface area contributed by atoms with Crippen LogP contribution in [-0.4, -0.2) is 53.6 Å². The molecule has 1 rings (SSSR count). The van der Waals surface area contributed by atoms with E-state index < -0.39 is 11.8 Å². The van der Waals surface area contributed by atoms with Crippen LogP contribution in [0.1, 0.15) is 0 Å². The number of nitrogens with zero attached hydrogens (tertiary/aromatic N) is 1. The number of rotatable bonds is 8. The first-order chi connectivity index (χ1) is 9.50. The van der Waals surface area contributed by atoms with Gasteiger partial charge in [-0.3, -0.25) is 9.59 Å². The highest BCUT2D eigenvalue weighted by Crippen LogP contribution is 2.15. The number of ether oxygens (including phenoxy) is 1. The molecule has 0 atom stereocenters. The molecule has 0 aromatic heterocycles. The summed E-state index contributed by atoms with van der Waals surface area (Å²) in [5.74, 6) is -1.44. The molecular formula is C13H16FNO4S. The molecule has 0 aliphatic carbocycles. The standard InChI is InChI=1S/C13H16FNO4S/c1-15(12(16)8-20-9-13(17)18)6-7-19-11-5-3-2-4-10(11)14/h2-5H,6-9H2,1H3,(H,17,18). The molecule has 0 aliphatic heterocycles.